The van der Waals surface area contributed by atoms with E-state index < -0.39 is 23.1 Å². The predicted octanol–water partition coefficient (Wildman–Crippen LogP) is 3.09. The molecule has 6 nitrogen and oxygen atoms in total. The van der Waals surface area contributed by atoms with Crippen LogP contribution in [-0.4, -0.2) is 20.6 Å². The largest absolute Gasteiger partial charge is 0.332 e. The van der Waals surface area contributed by atoms with Gasteiger partial charge in [-0.25, -0.2) is 9.79 Å². The Morgan fingerprint density at radius 1 is 0.871 bits per heavy atom. The summed E-state index contributed by atoms with van der Waals surface area (Å²) in [5.41, 5.74) is 5.77. The number of Topliss-reactive ketones (excluding diaryl/α,β-unsaturated/α-hetero) is 1. The van der Waals surface area contributed by atoms with Crippen LogP contribution in [0.25, 0.3) is 0 Å². The Bertz CT molecular complexity index is 1460. The first-order valence-corrected chi connectivity index (χ1v) is 10.3. The number of benzene rings is 2. The fraction of sp³-hybridized carbons (Fsp3) is 0.280. The van der Waals surface area contributed by atoms with E-state index in [9.17, 15) is 14.4 Å². The number of aliphatic imine (C=N–C) groups is 1. The van der Waals surface area contributed by atoms with E-state index in [0.29, 0.717) is 22.7 Å². The molecule has 1 aliphatic carbocycles. The van der Waals surface area contributed by atoms with Gasteiger partial charge in [0.15, 0.2) is 5.78 Å². The Hall–Kier alpha value is -3.54. The van der Waals surface area contributed by atoms with Crippen molar-refractivity contribution in [3.63, 3.8) is 0 Å². The third kappa shape index (κ3) is 2.51. The highest BCUT2D eigenvalue weighted by atomic mass is 16.2. The number of aryl methyl sites for hydroxylation is 2. The van der Waals surface area contributed by atoms with Crippen molar-refractivity contribution >= 4 is 17.3 Å². The van der Waals surface area contributed by atoms with Crippen LogP contribution >= 0.6 is 0 Å². The SMILES string of the molecule is Cc1cc(C)c(C)c([C@H]2c3c(n(C)c(=O)n(C)c3=O)N=C3c4ccccc4C(=O)[C@@H]32)c1. The molecule has 0 amide bonds. The van der Waals surface area contributed by atoms with Crippen LogP contribution in [0.2, 0.25) is 0 Å². The third-order valence-electron chi connectivity index (χ3n) is 6.77. The quantitative estimate of drug-likeness (QED) is 0.615. The van der Waals surface area contributed by atoms with Gasteiger partial charge in [0.1, 0.15) is 5.82 Å². The first-order valence-electron chi connectivity index (χ1n) is 10.3. The Kier molecular flexibility index (Phi) is 4.06. The molecule has 31 heavy (non-hydrogen) atoms. The molecule has 0 fully saturated rings. The number of nitrogens with zero attached hydrogens (tertiary/aromatic N) is 3. The van der Waals surface area contributed by atoms with Crippen molar-refractivity contribution in [2.24, 2.45) is 25.0 Å². The summed E-state index contributed by atoms with van der Waals surface area (Å²) in [6, 6.07) is 11.6. The van der Waals surface area contributed by atoms with Gasteiger partial charge in [-0.3, -0.25) is 18.7 Å². The van der Waals surface area contributed by atoms with Gasteiger partial charge in [-0.1, -0.05) is 42.0 Å². The zero-order valence-corrected chi connectivity index (χ0v) is 18.2. The summed E-state index contributed by atoms with van der Waals surface area (Å²) in [6.07, 6.45) is 0. The van der Waals surface area contributed by atoms with Gasteiger partial charge in [-0.15, -0.1) is 0 Å². The van der Waals surface area contributed by atoms with Crippen LogP contribution in [0.4, 0.5) is 5.82 Å². The molecule has 0 unspecified atom stereocenters. The van der Waals surface area contributed by atoms with Crippen molar-refractivity contribution in [2.45, 2.75) is 26.7 Å². The molecule has 6 heteroatoms. The Balaban J connectivity index is 1.95. The molecule has 5 rings (SSSR count). The maximum absolute atomic E-state index is 13.6. The van der Waals surface area contributed by atoms with Crippen molar-refractivity contribution in [3.05, 3.63) is 96.2 Å². The van der Waals surface area contributed by atoms with Crippen LogP contribution < -0.4 is 11.2 Å². The maximum Gasteiger partial charge on any atom is 0.332 e. The summed E-state index contributed by atoms with van der Waals surface area (Å²) in [6.45, 7) is 6.07. The fourth-order valence-corrected chi connectivity index (χ4v) is 5.10. The molecule has 2 aliphatic rings. The minimum atomic E-state index is -0.588. The number of hydrogen-bond acceptors (Lipinski definition) is 4. The van der Waals surface area contributed by atoms with Crippen molar-refractivity contribution in [3.8, 4) is 0 Å². The Morgan fingerprint density at radius 3 is 2.26 bits per heavy atom. The lowest BCUT2D eigenvalue weighted by Gasteiger charge is -2.31. The van der Waals surface area contributed by atoms with E-state index in [2.05, 4.69) is 12.1 Å². The average molecular weight is 413 g/mol. The molecule has 3 aromatic rings. The maximum atomic E-state index is 13.6. The van der Waals surface area contributed by atoms with Crippen molar-refractivity contribution < 1.29 is 4.79 Å². The second kappa shape index (κ2) is 6.48. The molecule has 1 aliphatic heterocycles. The van der Waals surface area contributed by atoms with Gasteiger partial charge in [0.2, 0.25) is 0 Å². The summed E-state index contributed by atoms with van der Waals surface area (Å²) < 4.78 is 2.52. The minimum Gasteiger partial charge on any atom is -0.293 e. The molecule has 0 radical (unpaired) electrons. The molecule has 0 spiro atoms. The lowest BCUT2D eigenvalue weighted by molar-refractivity contribution is 0.0953. The monoisotopic (exact) mass is 413 g/mol. The topological polar surface area (TPSA) is 73.4 Å². The van der Waals surface area contributed by atoms with Crippen LogP contribution in [0, 0.1) is 26.7 Å². The van der Waals surface area contributed by atoms with E-state index >= 15 is 0 Å². The average Bonchev–Trinajstić information content (AvgIpc) is 3.04. The van der Waals surface area contributed by atoms with Gasteiger partial charge in [0, 0.05) is 31.1 Å². The van der Waals surface area contributed by atoms with Crippen LogP contribution in [0.1, 0.15) is 49.7 Å². The molecule has 0 bridgehead atoms. The predicted molar refractivity (Wildman–Crippen MR) is 120 cm³/mol. The molecule has 2 aromatic carbocycles. The number of carbonyl (C=O) groups is 1. The van der Waals surface area contributed by atoms with Crippen LogP contribution in [-0.2, 0) is 14.1 Å². The van der Waals surface area contributed by atoms with E-state index in [-0.39, 0.29) is 5.78 Å². The minimum absolute atomic E-state index is 0.0283. The van der Waals surface area contributed by atoms with Gasteiger partial charge in [-0.2, -0.15) is 0 Å². The van der Waals surface area contributed by atoms with Crippen LogP contribution in [0.15, 0.2) is 51.0 Å². The second-order valence-corrected chi connectivity index (χ2v) is 8.60. The highest BCUT2D eigenvalue weighted by Crippen LogP contribution is 2.47. The van der Waals surface area contributed by atoms with Crippen LogP contribution in [0.5, 0.6) is 0 Å². The van der Waals surface area contributed by atoms with E-state index in [1.54, 1.807) is 7.05 Å². The van der Waals surface area contributed by atoms with Crippen LogP contribution in [0.3, 0.4) is 0 Å². The molecule has 1 aromatic heterocycles. The number of ketones is 1. The lowest BCUT2D eigenvalue weighted by Crippen LogP contribution is -2.43. The second-order valence-electron chi connectivity index (χ2n) is 8.60. The Morgan fingerprint density at radius 2 is 1.55 bits per heavy atom. The first-order chi connectivity index (χ1) is 14.7. The molecule has 156 valence electrons. The summed E-state index contributed by atoms with van der Waals surface area (Å²) in [4.78, 5) is 44.4. The van der Waals surface area contributed by atoms with Crippen molar-refractivity contribution in [1.82, 2.24) is 9.13 Å². The normalized spacial score (nSPS) is 19.0. The number of carbonyl (C=O) groups excluding carboxylic acids is 1. The van der Waals surface area contributed by atoms with Gasteiger partial charge in [0.05, 0.1) is 17.2 Å². The number of rotatable bonds is 1. The summed E-state index contributed by atoms with van der Waals surface area (Å²) >= 11 is 0. The number of hydrogen-bond donors (Lipinski definition) is 0. The van der Waals surface area contributed by atoms with E-state index in [1.807, 2.05) is 45.0 Å². The summed E-state index contributed by atoms with van der Waals surface area (Å²) in [7, 11) is 3.10. The molecule has 0 saturated heterocycles. The zero-order valence-electron chi connectivity index (χ0n) is 18.2. The summed E-state index contributed by atoms with van der Waals surface area (Å²) in [5, 5.41) is 0. The smallest absolute Gasteiger partial charge is 0.293 e. The number of aromatic nitrogens is 2. The fourth-order valence-electron chi connectivity index (χ4n) is 5.10. The molecule has 0 saturated carbocycles. The van der Waals surface area contributed by atoms with Crippen molar-refractivity contribution in [2.75, 3.05) is 0 Å². The zero-order chi connectivity index (χ0) is 22.2. The standard InChI is InChI=1S/C25H23N3O3/c1-12-10-13(2)14(3)17(11-12)18-19-21(15-8-6-7-9-16(15)22(19)29)26-23-20(18)24(30)28(5)25(31)27(23)4/h6-11,18-19H,1-5H3/t18-,19-/m1/s1. The van der Waals surface area contributed by atoms with Gasteiger partial charge < -0.3 is 0 Å². The van der Waals surface area contributed by atoms with Gasteiger partial charge >= 0.3 is 5.69 Å². The highest BCUT2D eigenvalue weighted by molar-refractivity contribution is 6.30. The lowest BCUT2D eigenvalue weighted by atomic mass is 9.74. The van der Waals surface area contributed by atoms with Gasteiger partial charge in [-0.05, 0) is 37.5 Å². The molecule has 0 N–H and O–H groups in total. The molecule has 2 heterocycles. The summed E-state index contributed by atoms with van der Waals surface area (Å²) in [5.74, 6) is -0.784. The molecular formula is C25H23N3O3. The highest BCUT2D eigenvalue weighted by Gasteiger charge is 2.48. The molecule has 2 atom stereocenters. The van der Waals surface area contributed by atoms with Crippen molar-refractivity contribution in [1.29, 1.82) is 0 Å². The van der Waals surface area contributed by atoms with E-state index in [1.165, 1.54) is 11.6 Å². The van der Waals surface area contributed by atoms with Gasteiger partial charge in [0.25, 0.3) is 5.56 Å². The number of fused-ring (bicyclic) bond motifs is 4. The molecular weight excluding hydrogens is 390 g/mol. The Labute approximate surface area is 179 Å². The van der Waals surface area contributed by atoms with E-state index in [0.717, 1.165) is 32.4 Å². The first kappa shape index (κ1) is 19.4. The third-order valence-corrected chi connectivity index (χ3v) is 6.77. The van der Waals surface area contributed by atoms with E-state index in [4.69, 9.17) is 4.99 Å².